The lowest BCUT2D eigenvalue weighted by Crippen LogP contribution is -2.20. The molecule has 2 N–H and O–H groups in total. The minimum atomic E-state index is 0.546. The maximum absolute atomic E-state index is 5.56. The summed E-state index contributed by atoms with van der Waals surface area (Å²) in [5.41, 5.74) is 5.56. The molecule has 5 nitrogen and oxygen atoms in total. The lowest BCUT2D eigenvalue weighted by atomic mass is 9.80. The monoisotopic (exact) mass is 237 g/mol. The van der Waals surface area contributed by atoms with Gasteiger partial charge >= 0.3 is 0 Å². The molecule has 0 aromatic carbocycles. The molecule has 0 atom stereocenters. The predicted molar refractivity (Wildman–Crippen MR) is 66.5 cm³/mol. The number of rotatable bonds is 5. The molecule has 0 bridgehead atoms. The van der Waals surface area contributed by atoms with Crippen LogP contribution in [0.3, 0.4) is 0 Å². The van der Waals surface area contributed by atoms with E-state index in [9.17, 15) is 0 Å². The molecule has 1 aliphatic rings. The van der Waals surface area contributed by atoms with Crippen molar-refractivity contribution in [2.24, 2.45) is 11.7 Å². The van der Waals surface area contributed by atoms with Gasteiger partial charge < -0.3 is 5.73 Å². The summed E-state index contributed by atoms with van der Waals surface area (Å²) in [7, 11) is 0. The Balaban J connectivity index is 1.93. The molecule has 17 heavy (non-hydrogen) atoms. The third-order valence-electron chi connectivity index (χ3n) is 3.81. The van der Waals surface area contributed by atoms with E-state index < -0.39 is 0 Å². The largest absolute Gasteiger partial charge is 0.329 e. The van der Waals surface area contributed by atoms with Gasteiger partial charge in [-0.05, 0) is 42.0 Å². The van der Waals surface area contributed by atoms with Crippen LogP contribution in [0.2, 0.25) is 0 Å². The van der Waals surface area contributed by atoms with E-state index in [2.05, 4.69) is 22.4 Å². The molecule has 1 aliphatic carbocycles. The van der Waals surface area contributed by atoms with Crippen molar-refractivity contribution in [2.75, 3.05) is 6.54 Å². The summed E-state index contributed by atoms with van der Waals surface area (Å²) in [6.45, 7) is 3.61. The summed E-state index contributed by atoms with van der Waals surface area (Å²) in [4.78, 5) is 0. The first kappa shape index (κ1) is 12.5. The zero-order valence-electron chi connectivity index (χ0n) is 10.7. The summed E-state index contributed by atoms with van der Waals surface area (Å²) < 4.78 is 1.88. The average molecular weight is 237 g/mol. The van der Waals surface area contributed by atoms with E-state index in [-0.39, 0.29) is 0 Å². The molecule has 1 aromatic heterocycles. The van der Waals surface area contributed by atoms with Gasteiger partial charge in [0.25, 0.3) is 0 Å². The summed E-state index contributed by atoms with van der Waals surface area (Å²) in [6.07, 6.45) is 7.80. The molecule has 0 amide bonds. The van der Waals surface area contributed by atoms with E-state index in [1.807, 2.05) is 4.68 Å². The minimum Gasteiger partial charge on any atom is -0.329 e. The van der Waals surface area contributed by atoms with E-state index in [0.29, 0.717) is 12.5 Å². The van der Waals surface area contributed by atoms with Gasteiger partial charge in [0.05, 0.1) is 6.54 Å². The van der Waals surface area contributed by atoms with Gasteiger partial charge in [0.1, 0.15) is 0 Å². The van der Waals surface area contributed by atoms with E-state index in [4.69, 9.17) is 5.73 Å². The van der Waals surface area contributed by atoms with Crippen molar-refractivity contribution in [3.63, 3.8) is 0 Å². The molecule has 0 unspecified atom stereocenters. The van der Waals surface area contributed by atoms with Crippen LogP contribution in [0, 0.1) is 5.92 Å². The standard InChI is InChI=1S/C12H23N5/c1-2-3-10-4-6-11(7-5-10)12-14-15-16-17(12)9-8-13/h10-11H,2-9,13H2,1H3. The quantitative estimate of drug-likeness (QED) is 0.846. The topological polar surface area (TPSA) is 69.6 Å². The van der Waals surface area contributed by atoms with Crippen molar-refractivity contribution in [3.8, 4) is 0 Å². The zero-order valence-corrected chi connectivity index (χ0v) is 10.7. The highest BCUT2D eigenvalue weighted by Gasteiger charge is 2.25. The molecule has 2 rings (SSSR count). The molecule has 0 saturated heterocycles. The number of nitrogens with zero attached hydrogens (tertiary/aromatic N) is 4. The maximum atomic E-state index is 5.56. The lowest BCUT2D eigenvalue weighted by Gasteiger charge is -2.27. The molecule has 1 heterocycles. The fraction of sp³-hybridized carbons (Fsp3) is 0.917. The summed E-state index contributed by atoms with van der Waals surface area (Å²) in [5, 5.41) is 12.0. The molecule has 1 fully saturated rings. The van der Waals surface area contributed by atoms with Gasteiger partial charge in [0.15, 0.2) is 5.82 Å². The Morgan fingerprint density at radius 2 is 2.06 bits per heavy atom. The number of aromatic nitrogens is 4. The van der Waals surface area contributed by atoms with Gasteiger partial charge in [-0.2, -0.15) is 0 Å². The van der Waals surface area contributed by atoms with Crippen LogP contribution in [0.25, 0.3) is 0 Å². The lowest BCUT2D eigenvalue weighted by molar-refractivity contribution is 0.296. The van der Waals surface area contributed by atoms with Gasteiger partial charge in [-0.15, -0.1) is 5.10 Å². The normalized spacial score (nSPS) is 25.1. The van der Waals surface area contributed by atoms with Gasteiger partial charge in [-0.3, -0.25) is 0 Å². The SMILES string of the molecule is CCCC1CCC(c2nnnn2CCN)CC1. The van der Waals surface area contributed by atoms with Gasteiger partial charge in [0, 0.05) is 12.5 Å². The van der Waals surface area contributed by atoms with Crippen LogP contribution in [-0.2, 0) is 6.54 Å². The minimum absolute atomic E-state index is 0.546. The first-order valence-electron chi connectivity index (χ1n) is 6.81. The van der Waals surface area contributed by atoms with Gasteiger partial charge in [0.2, 0.25) is 0 Å². The first-order valence-corrected chi connectivity index (χ1v) is 6.81. The second-order valence-corrected chi connectivity index (χ2v) is 5.06. The molecule has 1 saturated carbocycles. The number of hydrogen-bond acceptors (Lipinski definition) is 4. The Morgan fingerprint density at radius 3 is 2.71 bits per heavy atom. The van der Waals surface area contributed by atoms with E-state index >= 15 is 0 Å². The second-order valence-electron chi connectivity index (χ2n) is 5.06. The van der Waals surface area contributed by atoms with Crippen LogP contribution in [-0.4, -0.2) is 26.8 Å². The molecule has 96 valence electrons. The highest BCUT2D eigenvalue weighted by molar-refractivity contribution is 4.96. The van der Waals surface area contributed by atoms with Crippen LogP contribution in [0.15, 0.2) is 0 Å². The number of tetrazole rings is 1. The van der Waals surface area contributed by atoms with Crippen LogP contribution in [0.5, 0.6) is 0 Å². The van der Waals surface area contributed by atoms with Crippen molar-refractivity contribution in [2.45, 2.75) is 57.9 Å². The Morgan fingerprint density at radius 1 is 1.29 bits per heavy atom. The van der Waals surface area contributed by atoms with E-state index in [1.165, 1.54) is 38.5 Å². The highest BCUT2D eigenvalue weighted by Crippen LogP contribution is 2.36. The molecule has 0 spiro atoms. The first-order chi connectivity index (χ1) is 8.35. The fourth-order valence-corrected chi connectivity index (χ4v) is 2.90. The van der Waals surface area contributed by atoms with Gasteiger partial charge in [-0.25, -0.2) is 4.68 Å². The molecule has 1 aromatic rings. The van der Waals surface area contributed by atoms with E-state index in [0.717, 1.165) is 18.3 Å². The van der Waals surface area contributed by atoms with E-state index in [1.54, 1.807) is 0 Å². The fourth-order valence-electron chi connectivity index (χ4n) is 2.90. The molecular weight excluding hydrogens is 214 g/mol. The third kappa shape index (κ3) is 3.03. The predicted octanol–water partition coefficient (Wildman–Crippen LogP) is 1.71. The number of nitrogens with two attached hydrogens (primary N) is 1. The third-order valence-corrected chi connectivity index (χ3v) is 3.81. The summed E-state index contributed by atoms with van der Waals surface area (Å²) in [5.74, 6) is 2.52. The molecular formula is C12H23N5. The molecule has 0 aliphatic heterocycles. The Labute approximate surface area is 103 Å². The van der Waals surface area contributed by atoms with Crippen molar-refractivity contribution < 1.29 is 0 Å². The van der Waals surface area contributed by atoms with Crippen LogP contribution < -0.4 is 5.73 Å². The molecule has 5 heteroatoms. The molecule has 0 radical (unpaired) electrons. The maximum Gasteiger partial charge on any atom is 0.154 e. The number of hydrogen-bond donors (Lipinski definition) is 1. The van der Waals surface area contributed by atoms with Crippen LogP contribution in [0.4, 0.5) is 0 Å². The van der Waals surface area contributed by atoms with Crippen molar-refractivity contribution in [1.82, 2.24) is 20.2 Å². The van der Waals surface area contributed by atoms with Crippen molar-refractivity contribution >= 4 is 0 Å². The smallest absolute Gasteiger partial charge is 0.154 e. The van der Waals surface area contributed by atoms with Crippen LogP contribution >= 0.6 is 0 Å². The Kier molecular flexibility index (Phi) is 4.48. The van der Waals surface area contributed by atoms with Crippen molar-refractivity contribution in [3.05, 3.63) is 5.82 Å². The highest BCUT2D eigenvalue weighted by atomic mass is 15.5. The van der Waals surface area contributed by atoms with Gasteiger partial charge in [-0.1, -0.05) is 19.8 Å². The van der Waals surface area contributed by atoms with Crippen molar-refractivity contribution in [1.29, 1.82) is 0 Å². The zero-order chi connectivity index (χ0) is 12.1. The summed E-state index contributed by atoms with van der Waals surface area (Å²) >= 11 is 0. The summed E-state index contributed by atoms with van der Waals surface area (Å²) in [6, 6.07) is 0. The Hall–Kier alpha value is -0.970. The Bertz CT molecular complexity index is 327. The average Bonchev–Trinajstić information content (AvgIpc) is 2.79. The van der Waals surface area contributed by atoms with Crippen LogP contribution in [0.1, 0.15) is 57.2 Å². The second kappa shape index (κ2) is 6.10.